The van der Waals surface area contributed by atoms with Gasteiger partial charge in [0.2, 0.25) is 15.9 Å². The molecule has 0 unspecified atom stereocenters. The Labute approximate surface area is 191 Å². The van der Waals surface area contributed by atoms with E-state index in [0.717, 1.165) is 17.5 Å². The minimum absolute atomic E-state index is 0.0262. The van der Waals surface area contributed by atoms with E-state index in [0.29, 0.717) is 23.4 Å². The summed E-state index contributed by atoms with van der Waals surface area (Å²) in [6, 6.07) is 12.5. The van der Waals surface area contributed by atoms with Gasteiger partial charge >= 0.3 is 0 Å². The summed E-state index contributed by atoms with van der Waals surface area (Å²) < 4.78 is 26.1. The van der Waals surface area contributed by atoms with Gasteiger partial charge in [-0.05, 0) is 62.9 Å². The third-order valence-corrected chi connectivity index (χ3v) is 6.41. The summed E-state index contributed by atoms with van der Waals surface area (Å²) in [5, 5.41) is 5.69. The summed E-state index contributed by atoms with van der Waals surface area (Å²) >= 11 is 0. The lowest BCUT2D eigenvalue weighted by molar-refractivity contribution is -0.116. The fourth-order valence-corrected chi connectivity index (χ4v) is 4.26. The van der Waals surface area contributed by atoms with E-state index >= 15 is 0 Å². The van der Waals surface area contributed by atoms with Gasteiger partial charge in [0.05, 0.1) is 23.2 Å². The third kappa shape index (κ3) is 7.09. The average molecular weight is 460 g/mol. The largest absolute Gasteiger partial charge is 0.350 e. The van der Waals surface area contributed by atoms with E-state index in [9.17, 15) is 18.0 Å². The monoisotopic (exact) mass is 459 g/mol. The van der Waals surface area contributed by atoms with Crippen molar-refractivity contribution in [1.82, 2.24) is 5.32 Å². The molecule has 0 fully saturated rings. The highest BCUT2D eigenvalue weighted by atomic mass is 32.2. The molecule has 8 heteroatoms. The molecule has 2 N–H and O–H groups in total. The highest BCUT2D eigenvalue weighted by Crippen LogP contribution is 2.24. The van der Waals surface area contributed by atoms with Gasteiger partial charge in [-0.15, -0.1) is 0 Å². The number of rotatable bonds is 10. The number of nitrogens with one attached hydrogen (secondary N) is 2. The first-order chi connectivity index (χ1) is 15.0. The van der Waals surface area contributed by atoms with Crippen molar-refractivity contribution in [2.45, 2.75) is 53.0 Å². The number of sulfonamides is 1. The minimum atomic E-state index is -3.50. The number of anilines is 2. The van der Waals surface area contributed by atoms with E-state index in [-0.39, 0.29) is 30.8 Å². The van der Waals surface area contributed by atoms with Crippen LogP contribution in [0.5, 0.6) is 0 Å². The second kappa shape index (κ2) is 11.1. The van der Waals surface area contributed by atoms with Crippen molar-refractivity contribution in [2.75, 3.05) is 22.4 Å². The van der Waals surface area contributed by atoms with Crippen LogP contribution in [0.3, 0.4) is 0 Å². The van der Waals surface area contributed by atoms with Gasteiger partial charge in [0.1, 0.15) is 0 Å². The number of amides is 2. The highest BCUT2D eigenvalue weighted by Gasteiger charge is 2.20. The van der Waals surface area contributed by atoms with Crippen LogP contribution in [0.25, 0.3) is 0 Å². The molecule has 174 valence electrons. The van der Waals surface area contributed by atoms with Crippen molar-refractivity contribution < 1.29 is 18.0 Å². The van der Waals surface area contributed by atoms with E-state index in [2.05, 4.69) is 10.6 Å². The van der Waals surface area contributed by atoms with Crippen molar-refractivity contribution in [3.05, 3.63) is 59.2 Å². The number of nitrogens with zero attached hydrogens (tertiary/aromatic N) is 1. The number of benzene rings is 2. The Morgan fingerprint density at radius 2 is 1.78 bits per heavy atom. The summed E-state index contributed by atoms with van der Waals surface area (Å²) in [4.78, 5) is 25.1. The maximum atomic E-state index is 12.5. The highest BCUT2D eigenvalue weighted by molar-refractivity contribution is 7.92. The Morgan fingerprint density at radius 3 is 2.44 bits per heavy atom. The van der Waals surface area contributed by atoms with Gasteiger partial charge in [-0.25, -0.2) is 8.42 Å². The number of carbonyl (C=O) groups excluding carboxylic acids is 2. The van der Waals surface area contributed by atoms with Crippen LogP contribution in [0.1, 0.15) is 54.6 Å². The fourth-order valence-electron chi connectivity index (χ4n) is 3.24. The first kappa shape index (κ1) is 25.4. The quantitative estimate of drug-likeness (QED) is 0.561. The van der Waals surface area contributed by atoms with Crippen molar-refractivity contribution in [2.24, 2.45) is 0 Å². The summed E-state index contributed by atoms with van der Waals surface area (Å²) in [5.41, 5.74) is 3.28. The number of hydrogen-bond acceptors (Lipinski definition) is 4. The molecular formula is C24H33N3O4S. The molecule has 0 aliphatic rings. The standard InChI is InChI=1S/C24H33N3O4S/c1-6-19(4)25-24(29)20-10-7-8-11-21(20)26-23(28)12-9-15-27(32(5,30)31)22-16-17(2)13-14-18(22)3/h7-8,10-11,13-14,16,19H,6,9,12,15H2,1-5H3,(H,25,29)(H,26,28)/t19-/m0/s1. The van der Waals surface area contributed by atoms with Crippen LogP contribution >= 0.6 is 0 Å². The van der Waals surface area contributed by atoms with Gasteiger partial charge in [0.25, 0.3) is 5.91 Å². The second-order valence-electron chi connectivity index (χ2n) is 8.11. The Bertz CT molecular complexity index is 1070. The number of para-hydroxylation sites is 1. The average Bonchev–Trinajstić information content (AvgIpc) is 2.72. The van der Waals surface area contributed by atoms with Crippen LogP contribution in [0.4, 0.5) is 11.4 Å². The first-order valence-electron chi connectivity index (χ1n) is 10.8. The molecule has 0 heterocycles. The van der Waals surface area contributed by atoms with Crippen LogP contribution in [0.15, 0.2) is 42.5 Å². The molecule has 0 radical (unpaired) electrons. The molecule has 32 heavy (non-hydrogen) atoms. The van der Waals surface area contributed by atoms with Crippen LogP contribution < -0.4 is 14.9 Å². The number of aryl methyl sites for hydroxylation is 2. The Hall–Kier alpha value is -2.87. The fraction of sp³-hybridized carbons (Fsp3) is 0.417. The van der Waals surface area contributed by atoms with Gasteiger partial charge in [0.15, 0.2) is 0 Å². The minimum Gasteiger partial charge on any atom is -0.350 e. The van der Waals surface area contributed by atoms with E-state index in [4.69, 9.17) is 0 Å². The van der Waals surface area contributed by atoms with Crippen molar-refractivity contribution in [1.29, 1.82) is 0 Å². The van der Waals surface area contributed by atoms with Crippen LogP contribution in [0.2, 0.25) is 0 Å². The molecule has 1 atom stereocenters. The molecule has 7 nitrogen and oxygen atoms in total. The second-order valence-corrected chi connectivity index (χ2v) is 10.0. The Morgan fingerprint density at radius 1 is 1.09 bits per heavy atom. The van der Waals surface area contributed by atoms with Gasteiger partial charge < -0.3 is 10.6 Å². The SMILES string of the molecule is CC[C@H](C)NC(=O)c1ccccc1NC(=O)CCCN(c1cc(C)ccc1C)S(C)(=O)=O. The topological polar surface area (TPSA) is 95.6 Å². The number of carbonyl (C=O) groups is 2. The summed E-state index contributed by atoms with van der Waals surface area (Å²) in [6.45, 7) is 7.86. The molecule has 2 amide bonds. The summed E-state index contributed by atoms with van der Waals surface area (Å²) in [7, 11) is -3.50. The molecule has 0 saturated heterocycles. The van der Waals surface area contributed by atoms with E-state index < -0.39 is 10.0 Å². The van der Waals surface area contributed by atoms with E-state index in [1.165, 1.54) is 10.6 Å². The molecule has 0 aliphatic heterocycles. The zero-order chi connectivity index (χ0) is 23.9. The molecule has 0 saturated carbocycles. The molecule has 0 aliphatic carbocycles. The normalized spacial score (nSPS) is 12.2. The lowest BCUT2D eigenvalue weighted by Crippen LogP contribution is -2.33. The maximum absolute atomic E-state index is 12.5. The van der Waals surface area contributed by atoms with Gasteiger partial charge in [-0.3, -0.25) is 13.9 Å². The molecule has 0 aromatic heterocycles. The van der Waals surface area contributed by atoms with Crippen molar-refractivity contribution in [3.63, 3.8) is 0 Å². The zero-order valence-corrected chi connectivity index (χ0v) is 20.3. The Balaban J connectivity index is 2.05. The van der Waals surface area contributed by atoms with Crippen LogP contribution in [-0.4, -0.2) is 39.1 Å². The number of hydrogen-bond donors (Lipinski definition) is 2. The van der Waals surface area contributed by atoms with E-state index in [1.807, 2.05) is 45.9 Å². The van der Waals surface area contributed by atoms with Gasteiger partial charge in [-0.2, -0.15) is 0 Å². The van der Waals surface area contributed by atoms with Crippen LogP contribution in [0, 0.1) is 13.8 Å². The molecule has 2 rings (SSSR count). The zero-order valence-electron chi connectivity index (χ0n) is 19.4. The molecule has 2 aromatic rings. The summed E-state index contributed by atoms with van der Waals surface area (Å²) in [6.07, 6.45) is 2.43. The van der Waals surface area contributed by atoms with E-state index in [1.54, 1.807) is 24.3 Å². The lowest BCUT2D eigenvalue weighted by Gasteiger charge is -2.24. The van der Waals surface area contributed by atoms with Crippen LogP contribution in [-0.2, 0) is 14.8 Å². The Kier molecular flexibility index (Phi) is 8.83. The predicted octanol–water partition coefficient (Wildman–Crippen LogP) is 4.02. The first-order valence-corrected chi connectivity index (χ1v) is 12.6. The molecule has 0 bridgehead atoms. The lowest BCUT2D eigenvalue weighted by atomic mass is 10.1. The van der Waals surface area contributed by atoms with Crippen molar-refractivity contribution in [3.8, 4) is 0 Å². The smallest absolute Gasteiger partial charge is 0.253 e. The van der Waals surface area contributed by atoms with Crippen molar-refractivity contribution >= 4 is 33.2 Å². The maximum Gasteiger partial charge on any atom is 0.253 e. The molecule has 0 spiro atoms. The van der Waals surface area contributed by atoms with Gasteiger partial charge in [0, 0.05) is 19.0 Å². The summed E-state index contributed by atoms with van der Waals surface area (Å²) in [5.74, 6) is -0.517. The third-order valence-electron chi connectivity index (χ3n) is 5.23. The van der Waals surface area contributed by atoms with Gasteiger partial charge in [-0.1, -0.05) is 31.2 Å². The molecule has 2 aromatic carbocycles. The molecular weight excluding hydrogens is 426 g/mol. The predicted molar refractivity (Wildman–Crippen MR) is 130 cm³/mol.